The number of rotatable bonds is 4. The molecule has 0 aromatic heterocycles. The molecule has 2 N–H and O–H groups in total. The Morgan fingerprint density at radius 2 is 1.64 bits per heavy atom. The van der Waals surface area contributed by atoms with Crippen LogP contribution >= 0.6 is 0 Å². The summed E-state index contributed by atoms with van der Waals surface area (Å²) in [6.45, 7) is 7.08. The molecule has 4 fully saturated rings. The van der Waals surface area contributed by atoms with E-state index >= 15 is 0 Å². The fraction of sp³-hybridized carbons (Fsp3) is 0.958. The number of carboxylic acids is 1. The minimum absolute atomic E-state index is 0.0357. The van der Waals surface area contributed by atoms with Crippen molar-refractivity contribution >= 4 is 5.97 Å². The van der Waals surface area contributed by atoms with Gasteiger partial charge in [0.15, 0.2) is 0 Å². The topological polar surface area (TPSA) is 57.5 Å². The molecule has 0 bridgehead atoms. The maximum atomic E-state index is 14.9. The second kappa shape index (κ2) is 7.25. The van der Waals surface area contributed by atoms with Gasteiger partial charge in [-0.05, 0) is 104 Å². The Morgan fingerprint density at radius 1 is 1.00 bits per heavy atom. The summed E-state index contributed by atoms with van der Waals surface area (Å²) in [7, 11) is 0. The minimum atomic E-state index is -1.04. The zero-order valence-corrected chi connectivity index (χ0v) is 17.9. The predicted molar refractivity (Wildman–Crippen MR) is 108 cm³/mol. The number of carboxylic acid groups (broad SMARTS) is 1. The standard InChI is InChI=1S/C24H39FO3/c1-14(4-9-21(27)28)16-7-8-17-15-5-6-19-22(25)20(26)11-13-24(19,3)18(15)10-12-23(16,17)2/h14-20,22,26H,4-13H2,1-3H3,(H,27,28)/t14?,15-,16?,17-,18-,19+,20-,22+,23+,24+/m0/s1. The average molecular weight is 395 g/mol. The van der Waals surface area contributed by atoms with Crippen LogP contribution in [0.1, 0.15) is 85.0 Å². The van der Waals surface area contributed by atoms with Crippen molar-refractivity contribution in [3.05, 3.63) is 0 Å². The van der Waals surface area contributed by atoms with Gasteiger partial charge in [0.05, 0.1) is 6.10 Å². The lowest BCUT2D eigenvalue weighted by Gasteiger charge is -2.61. The minimum Gasteiger partial charge on any atom is -0.481 e. The van der Waals surface area contributed by atoms with Gasteiger partial charge in [0, 0.05) is 6.42 Å². The predicted octanol–water partition coefficient (Wildman–Crippen LogP) is 5.46. The Hall–Kier alpha value is -0.640. The SMILES string of the molecule is CC(CCC(=O)O)C1CC[C@H]2[C@@H]3CC[C@@H]4[C@@H](F)[C@@H](O)CC[C@]4(C)[C@H]3CC[C@]12C. The molecule has 0 radical (unpaired) electrons. The van der Waals surface area contributed by atoms with E-state index in [4.69, 9.17) is 5.11 Å². The van der Waals surface area contributed by atoms with Gasteiger partial charge in [0.25, 0.3) is 0 Å². The van der Waals surface area contributed by atoms with E-state index in [1.54, 1.807) is 0 Å². The number of aliphatic hydroxyl groups excluding tert-OH is 1. The Balaban J connectivity index is 1.53. The number of aliphatic carboxylic acids is 1. The molecule has 4 rings (SSSR count). The Labute approximate surface area is 169 Å². The van der Waals surface area contributed by atoms with Crippen LogP contribution < -0.4 is 0 Å². The molecule has 0 amide bonds. The van der Waals surface area contributed by atoms with Crippen molar-refractivity contribution < 1.29 is 19.4 Å². The van der Waals surface area contributed by atoms with Crippen LogP contribution in [0.4, 0.5) is 4.39 Å². The molecule has 3 nitrogen and oxygen atoms in total. The smallest absolute Gasteiger partial charge is 0.303 e. The van der Waals surface area contributed by atoms with E-state index in [9.17, 15) is 14.3 Å². The van der Waals surface area contributed by atoms with Crippen molar-refractivity contribution in [2.45, 2.75) is 97.3 Å². The van der Waals surface area contributed by atoms with Crippen LogP contribution in [-0.2, 0) is 4.79 Å². The summed E-state index contributed by atoms with van der Waals surface area (Å²) in [5, 5.41) is 19.2. The lowest BCUT2D eigenvalue weighted by molar-refractivity contribution is -0.157. The van der Waals surface area contributed by atoms with Gasteiger partial charge in [-0.15, -0.1) is 0 Å². The van der Waals surface area contributed by atoms with Crippen LogP contribution in [0.2, 0.25) is 0 Å². The highest BCUT2D eigenvalue weighted by Crippen LogP contribution is 2.68. The normalized spacial score (nSPS) is 51.7. The number of aliphatic hydroxyl groups is 1. The highest BCUT2D eigenvalue weighted by molar-refractivity contribution is 5.66. The molecule has 0 spiro atoms. The molecular weight excluding hydrogens is 355 g/mol. The van der Waals surface area contributed by atoms with Crippen molar-refractivity contribution in [2.24, 2.45) is 46.3 Å². The van der Waals surface area contributed by atoms with E-state index in [0.29, 0.717) is 41.4 Å². The molecule has 4 aliphatic rings. The quantitative estimate of drug-likeness (QED) is 0.666. The first-order valence-corrected chi connectivity index (χ1v) is 11.7. The molecule has 2 unspecified atom stereocenters. The second-order valence-corrected chi connectivity index (χ2v) is 11.3. The molecule has 28 heavy (non-hydrogen) atoms. The zero-order valence-electron chi connectivity index (χ0n) is 17.9. The third kappa shape index (κ3) is 3.04. The van der Waals surface area contributed by atoms with E-state index < -0.39 is 18.2 Å². The summed E-state index contributed by atoms with van der Waals surface area (Å²) in [5.41, 5.74) is 0.376. The molecule has 0 aromatic rings. The number of carbonyl (C=O) groups is 1. The van der Waals surface area contributed by atoms with Crippen molar-refractivity contribution in [1.82, 2.24) is 0 Å². The summed E-state index contributed by atoms with van der Waals surface area (Å²) < 4.78 is 14.9. The Kier molecular flexibility index (Phi) is 5.34. The second-order valence-electron chi connectivity index (χ2n) is 11.3. The molecule has 0 aliphatic heterocycles. The van der Waals surface area contributed by atoms with Gasteiger partial charge in [-0.1, -0.05) is 20.8 Å². The summed E-state index contributed by atoms with van der Waals surface area (Å²) >= 11 is 0. The summed E-state index contributed by atoms with van der Waals surface area (Å²) in [4.78, 5) is 11.0. The third-order valence-electron chi connectivity index (χ3n) is 10.2. The van der Waals surface area contributed by atoms with Crippen LogP contribution in [0.5, 0.6) is 0 Å². The summed E-state index contributed by atoms with van der Waals surface area (Å²) in [5.74, 6) is 2.46. The van der Waals surface area contributed by atoms with Crippen molar-refractivity contribution in [1.29, 1.82) is 0 Å². The number of halogens is 1. The first-order valence-electron chi connectivity index (χ1n) is 11.7. The number of alkyl halides is 1. The summed E-state index contributed by atoms with van der Waals surface area (Å²) in [6.07, 6.45) is 7.82. The molecule has 4 aliphatic carbocycles. The number of fused-ring (bicyclic) bond motifs is 5. The molecule has 160 valence electrons. The highest BCUT2D eigenvalue weighted by atomic mass is 19.1. The van der Waals surface area contributed by atoms with E-state index in [2.05, 4.69) is 20.8 Å². The fourth-order valence-electron chi connectivity index (χ4n) is 8.79. The van der Waals surface area contributed by atoms with Crippen molar-refractivity contribution in [3.8, 4) is 0 Å². The van der Waals surface area contributed by atoms with E-state index in [0.717, 1.165) is 25.7 Å². The van der Waals surface area contributed by atoms with Gasteiger partial charge < -0.3 is 10.2 Å². The van der Waals surface area contributed by atoms with Gasteiger partial charge in [0.1, 0.15) is 6.17 Å². The molecule has 0 heterocycles. The third-order valence-corrected chi connectivity index (χ3v) is 10.2. The zero-order chi connectivity index (χ0) is 20.3. The maximum absolute atomic E-state index is 14.9. The summed E-state index contributed by atoms with van der Waals surface area (Å²) in [6, 6.07) is 0. The molecular formula is C24H39FO3. The van der Waals surface area contributed by atoms with Crippen LogP contribution in [-0.4, -0.2) is 28.5 Å². The molecule has 4 heteroatoms. The average Bonchev–Trinajstić information content (AvgIpc) is 3.00. The van der Waals surface area contributed by atoms with Gasteiger partial charge >= 0.3 is 5.97 Å². The van der Waals surface area contributed by atoms with E-state index in [-0.39, 0.29) is 17.8 Å². The number of hydrogen-bond donors (Lipinski definition) is 2. The van der Waals surface area contributed by atoms with Crippen LogP contribution in [0.15, 0.2) is 0 Å². The van der Waals surface area contributed by atoms with Crippen LogP contribution in [0.25, 0.3) is 0 Å². The largest absolute Gasteiger partial charge is 0.481 e. The van der Waals surface area contributed by atoms with Gasteiger partial charge in [0.2, 0.25) is 0 Å². The Morgan fingerprint density at radius 3 is 2.36 bits per heavy atom. The fourth-order valence-corrected chi connectivity index (χ4v) is 8.79. The Bertz CT molecular complexity index is 609. The van der Waals surface area contributed by atoms with E-state index in [1.807, 2.05) is 0 Å². The lowest BCUT2D eigenvalue weighted by atomic mass is 9.44. The van der Waals surface area contributed by atoms with Crippen LogP contribution in [0.3, 0.4) is 0 Å². The lowest BCUT2D eigenvalue weighted by Crippen LogP contribution is -2.57. The van der Waals surface area contributed by atoms with Gasteiger partial charge in [-0.25, -0.2) is 4.39 Å². The molecule has 4 saturated carbocycles. The van der Waals surface area contributed by atoms with Crippen molar-refractivity contribution in [2.75, 3.05) is 0 Å². The van der Waals surface area contributed by atoms with Crippen LogP contribution in [0, 0.1) is 46.3 Å². The number of hydrogen-bond acceptors (Lipinski definition) is 2. The first kappa shape index (κ1) is 20.6. The molecule has 0 saturated heterocycles. The monoisotopic (exact) mass is 394 g/mol. The van der Waals surface area contributed by atoms with Gasteiger partial charge in [-0.3, -0.25) is 4.79 Å². The van der Waals surface area contributed by atoms with Gasteiger partial charge in [-0.2, -0.15) is 0 Å². The first-order chi connectivity index (χ1) is 13.2. The maximum Gasteiger partial charge on any atom is 0.303 e. The van der Waals surface area contributed by atoms with E-state index in [1.165, 1.54) is 25.7 Å². The van der Waals surface area contributed by atoms with Crippen molar-refractivity contribution in [3.63, 3.8) is 0 Å². The molecule has 0 aromatic carbocycles. The molecule has 10 atom stereocenters. The highest BCUT2D eigenvalue weighted by Gasteiger charge is 2.62.